The average Bonchev–Trinajstić information content (AvgIpc) is 2.85. The van der Waals surface area contributed by atoms with Crippen LogP contribution in [0, 0.1) is 23.7 Å². The number of carbonyl (C=O) groups is 1. The van der Waals surface area contributed by atoms with Gasteiger partial charge >= 0.3 is 5.97 Å². The van der Waals surface area contributed by atoms with Crippen molar-refractivity contribution in [2.24, 2.45) is 0 Å². The summed E-state index contributed by atoms with van der Waals surface area (Å²) in [6, 6.07) is 18.0. The van der Waals surface area contributed by atoms with Gasteiger partial charge in [0.25, 0.3) is 0 Å². The molecule has 160 valence electrons. The molecule has 5 nitrogen and oxygen atoms in total. The first-order chi connectivity index (χ1) is 15.5. The molecule has 0 amide bonds. The van der Waals surface area contributed by atoms with Crippen LogP contribution < -0.4 is 14.2 Å². The molecule has 3 rings (SSSR count). The van der Waals surface area contributed by atoms with Crippen molar-refractivity contribution >= 4 is 5.97 Å². The minimum atomic E-state index is -0.380. The highest BCUT2D eigenvalue weighted by Gasteiger charge is 2.04. The van der Waals surface area contributed by atoms with E-state index < -0.39 is 0 Å². The largest absolute Gasteiger partial charge is 0.497 e. The third-order valence-corrected chi connectivity index (χ3v) is 4.50. The van der Waals surface area contributed by atoms with Crippen molar-refractivity contribution in [1.29, 1.82) is 0 Å². The summed E-state index contributed by atoms with van der Waals surface area (Å²) in [5, 5.41) is 0. The smallest absolute Gasteiger partial charge is 0.337 e. The molecule has 0 aliphatic heterocycles. The standard InChI is InChI=1S/C27H22O5/c1-29-24-14-20(6-5-19-9-11-23(12-10-19)27(28)32-4)13-21(15-24)7-8-22-16-25(30-2)18-26(17-22)31-3/h9-18H,1-4H3. The van der Waals surface area contributed by atoms with Gasteiger partial charge in [-0.05, 0) is 54.6 Å². The minimum absolute atomic E-state index is 0.380. The van der Waals surface area contributed by atoms with E-state index in [1.165, 1.54) is 7.11 Å². The Hall–Kier alpha value is -4.35. The van der Waals surface area contributed by atoms with E-state index in [4.69, 9.17) is 18.9 Å². The van der Waals surface area contributed by atoms with E-state index in [9.17, 15) is 4.79 Å². The summed E-state index contributed by atoms with van der Waals surface area (Å²) >= 11 is 0. The number of carbonyl (C=O) groups excluding carboxylic acids is 1. The van der Waals surface area contributed by atoms with Gasteiger partial charge in [-0.15, -0.1) is 0 Å². The van der Waals surface area contributed by atoms with Crippen LogP contribution in [-0.4, -0.2) is 34.4 Å². The van der Waals surface area contributed by atoms with E-state index in [1.54, 1.807) is 51.7 Å². The molecule has 0 bridgehead atoms. The van der Waals surface area contributed by atoms with Gasteiger partial charge in [0.05, 0.1) is 34.0 Å². The molecular formula is C27H22O5. The maximum absolute atomic E-state index is 11.5. The zero-order valence-electron chi connectivity index (χ0n) is 18.3. The van der Waals surface area contributed by atoms with Crippen LogP contribution in [0.4, 0.5) is 0 Å². The van der Waals surface area contributed by atoms with E-state index in [2.05, 4.69) is 23.7 Å². The highest BCUT2D eigenvalue weighted by atomic mass is 16.5. The second-order valence-corrected chi connectivity index (χ2v) is 6.62. The third-order valence-electron chi connectivity index (χ3n) is 4.50. The molecule has 0 saturated heterocycles. The first-order valence-corrected chi connectivity index (χ1v) is 9.69. The molecule has 0 aliphatic rings. The summed E-state index contributed by atoms with van der Waals surface area (Å²) < 4.78 is 20.7. The van der Waals surface area contributed by atoms with E-state index in [1.807, 2.05) is 30.3 Å². The molecule has 0 saturated carbocycles. The Bertz CT molecular complexity index is 1210. The summed E-state index contributed by atoms with van der Waals surface area (Å²) in [5.41, 5.74) is 3.54. The summed E-state index contributed by atoms with van der Waals surface area (Å²) in [6.45, 7) is 0. The minimum Gasteiger partial charge on any atom is -0.497 e. The van der Waals surface area contributed by atoms with Gasteiger partial charge in [0.15, 0.2) is 0 Å². The Kier molecular flexibility index (Phi) is 7.41. The van der Waals surface area contributed by atoms with Crippen molar-refractivity contribution in [1.82, 2.24) is 0 Å². The first kappa shape index (κ1) is 22.3. The van der Waals surface area contributed by atoms with Gasteiger partial charge in [-0.2, -0.15) is 0 Å². The molecule has 0 N–H and O–H groups in total. The maximum Gasteiger partial charge on any atom is 0.337 e. The van der Waals surface area contributed by atoms with Crippen LogP contribution >= 0.6 is 0 Å². The van der Waals surface area contributed by atoms with E-state index >= 15 is 0 Å². The number of methoxy groups -OCH3 is 4. The zero-order valence-corrected chi connectivity index (χ0v) is 18.3. The first-order valence-electron chi connectivity index (χ1n) is 9.69. The molecule has 0 aliphatic carbocycles. The van der Waals surface area contributed by atoms with Gasteiger partial charge < -0.3 is 18.9 Å². The molecule has 0 heterocycles. The number of rotatable bonds is 4. The highest BCUT2D eigenvalue weighted by molar-refractivity contribution is 5.89. The lowest BCUT2D eigenvalue weighted by Crippen LogP contribution is -2.00. The predicted octanol–water partition coefficient (Wildman–Crippen LogP) is 4.30. The van der Waals surface area contributed by atoms with Crippen LogP contribution in [0.25, 0.3) is 0 Å². The van der Waals surface area contributed by atoms with Gasteiger partial charge in [-0.3, -0.25) is 0 Å². The number of esters is 1. The van der Waals surface area contributed by atoms with Crippen molar-refractivity contribution in [3.63, 3.8) is 0 Å². The Morgan fingerprint density at radius 1 is 0.562 bits per heavy atom. The highest BCUT2D eigenvalue weighted by Crippen LogP contribution is 2.22. The van der Waals surface area contributed by atoms with E-state index in [0.717, 1.165) is 22.3 Å². The molecule has 32 heavy (non-hydrogen) atoms. The molecule has 0 fully saturated rings. The topological polar surface area (TPSA) is 54.0 Å². The molecule has 0 aromatic heterocycles. The van der Waals surface area contributed by atoms with Crippen molar-refractivity contribution in [3.05, 3.63) is 88.5 Å². The number of benzene rings is 3. The van der Waals surface area contributed by atoms with Crippen molar-refractivity contribution < 1.29 is 23.7 Å². The third kappa shape index (κ3) is 5.84. The van der Waals surface area contributed by atoms with Crippen molar-refractivity contribution in [3.8, 4) is 40.9 Å². The molecule has 0 radical (unpaired) electrons. The Morgan fingerprint density at radius 2 is 0.969 bits per heavy atom. The second-order valence-electron chi connectivity index (χ2n) is 6.62. The number of hydrogen-bond acceptors (Lipinski definition) is 5. The number of ether oxygens (including phenoxy) is 4. The lowest BCUT2D eigenvalue weighted by atomic mass is 10.1. The van der Waals surface area contributed by atoms with Crippen LogP contribution in [0.3, 0.4) is 0 Å². The van der Waals surface area contributed by atoms with Crippen LogP contribution in [0.1, 0.15) is 32.6 Å². The molecule has 3 aromatic rings. The summed E-state index contributed by atoms with van der Waals surface area (Å²) in [5.74, 6) is 14.1. The summed E-state index contributed by atoms with van der Waals surface area (Å²) in [6.07, 6.45) is 0. The van der Waals surface area contributed by atoms with Gasteiger partial charge in [0, 0.05) is 28.3 Å². The van der Waals surface area contributed by atoms with Crippen LogP contribution in [0.5, 0.6) is 17.2 Å². The van der Waals surface area contributed by atoms with Crippen LogP contribution in [-0.2, 0) is 4.74 Å². The summed E-state index contributed by atoms with van der Waals surface area (Å²) in [7, 11) is 6.15. The van der Waals surface area contributed by atoms with E-state index in [-0.39, 0.29) is 5.97 Å². The Morgan fingerprint density at radius 3 is 1.41 bits per heavy atom. The fraction of sp³-hybridized carbons (Fsp3) is 0.148. The maximum atomic E-state index is 11.5. The Balaban J connectivity index is 1.89. The molecule has 5 heteroatoms. The quantitative estimate of drug-likeness (QED) is 0.460. The molecule has 0 unspecified atom stereocenters. The van der Waals surface area contributed by atoms with Crippen molar-refractivity contribution in [2.45, 2.75) is 0 Å². The van der Waals surface area contributed by atoms with E-state index in [0.29, 0.717) is 22.8 Å². The van der Waals surface area contributed by atoms with Gasteiger partial charge in [-0.25, -0.2) is 4.79 Å². The monoisotopic (exact) mass is 426 g/mol. The van der Waals surface area contributed by atoms with Crippen molar-refractivity contribution in [2.75, 3.05) is 28.4 Å². The SMILES string of the molecule is COC(=O)c1ccc(C#Cc2cc(C#Cc3cc(OC)cc(OC)c3)cc(OC)c2)cc1. The molecule has 0 atom stereocenters. The lowest BCUT2D eigenvalue weighted by molar-refractivity contribution is 0.0600. The molecule has 0 spiro atoms. The molecular weight excluding hydrogens is 404 g/mol. The van der Waals surface area contributed by atoms with Crippen LogP contribution in [0.2, 0.25) is 0 Å². The second kappa shape index (κ2) is 10.6. The van der Waals surface area contributed by atoms with Crippen LogP contribution in [0.15, 0.2) is 60.7 Å². The fourth-order valence-corrected chi connectivity index (χ4v) is 2.84. The van der Waals surface area contributed by atoms with Gasteiger partial charge in [-0.1, -0.05) is 23.7 Å². The average molecular weight is 426 g/mol. The van der Waals surface area contributed by atoms with Gasteiger partial charge in [0.2, 0.25) is 0 Å². The fourth-order valence-electron chi connectivity index (χ4n) is 2.84. The zero-order chi connectivity index (χ0) is 22.9. The molecule has 3 aromatic carbocycles. The normalized spacial score (nSPS) is 9.50. The summed E-state index contributed by atoms with van der Waals surface area (Å²) in [4.78, 5) is 11.5. The van der Waals surface area contributed by atoms with Gasteiger partial charge in [0.1, 0.15) is 17.2 Å². The Labute approximate surface area is 187 Å². The number of hydrogen-bond donors (Lipinski definition) is 0. The lowest BCUT2D eigenvalue weighted by Gasteiger charge is -2.05. The predicted molar refractivity (Wildman–Crippen MR) is 122 cm³/mol.